The zero-order chi connectivity index (χ0) is 20.6. The number of phenolic OH excluding ortho intramolecular Hbond substituents is 1. The number of fused-ring (bicyclic) bond motifs is 1. The lowest BCUT2D eigenvalue weighted by Gasteiger charge is -2.12. The van der Waals surface area contributed by atoms with Crippen LogP contribution < -0.4 is 5.32 Å². The van der Waals surface area contributed by atoms with Crippen LogP contribution in [0.1, 0.15) is 57.4 Å². The number of aryl methyl sites for hydroxylation is 1. The number of hydrogen-bond acceptors (Lipinski definition) is 3. The second kappa shape index (κ2) is 11.0. The van der Waals surface area contributed by atoms with Crippen molar-refractivity contribution in [1.29, 1.82) is 0 Å². The molecular weight excluding hydrogens is 494 g/mol. The molecule has 3 aromatic rings. The Kier molecular flexibility index (Phi) is 8.42. The van der Waals surface area contributed by atoms with Crippen LogP contribution in [0.2, 0.25) is 0 Å². The Balaban J connectivity index is 1.68. The van der Waals surface area contributed by atoms with Gasteiger partial charge >= 0.3 is 0 Å². The van der Waals surface area contributed by atoms with Crippen LogP contribution in [0, 0.1) is 0 Å². The highest BCUT2D eigenvalue weighted by Gasteiger charge is 2.12. The quantitative estimate of drug-likeness (QED) is 0.254. The molecule has 2 N–H and O–H groups in total. The zero-order valence-electron chi connectivity index (χ0n) is 16.9. The average Bonchev–Trinajstić information content (AvgIpc) is 3.06. The number of aromatic nitrogens is 2. The number of hydrogen-bond donors (Lipinski definition) is 2. The summed E-state index contributed by atoms with van der Waals surface area (Å²) in [6.07, 6.45) is 9.02. The first kappa shape index (κ1) is 22.2. The monoisotopic (exact) mass is 521 g/mol. The first-order chi connectivity index (χ1) is 14.1. The van der Waals surface area contributed by atoms with Gasteiger partial charge in [-0.2, -0.15) is 0 Å². The number of aromatic hydroxyl groups is 1. The summed E-state index contributed by atoms with van der Waals surface area (Å²) in [6, 6.07) is 12.0. The van der Waals surface area contributed by atoms with Crippen LogP contribution in [0.15, 0.2) is 45.3 Å². The molecular formula is C23H29Br2N3O. The number of nitrogens with zero attached hydrogens (tertiary/aromatic N) is 2. The van der Waals surface area contributed by atoms with Crippen molar-refractivity contribution in [3.63, 3.8) is 0 Å². The van der Waals surface area contributed by atoms with Gasteiger partial charge in [-0.1, -0.05) is 73.5 Å². The van der Waals surface area contributed by atoms with E-state index in [9.17, 15) is 5.11 Å². The Morgan fingerprint density at radius 1 is 1.00 bits per heavy atom. The first-order valence-electron chi connectivity index (χ1n) is 10.5. The topological polar surface area (TPSA) is 50.1 Å². The number of nitrogens with one attached hydrogen (secondary N) is 1. The molecule has 0 saturated carbocycles. The smallest absolute Gasteiger partial charge is 0.204 e. The molecule has 4 nitrogen and oxygen atoms in total. The fraction of sp³-hybridized carbons (Fsp3) is 0.435. The molecule has 156 valence electrons. The average molecular weight is 523 g/mol. The summed E-state index contributed by atoms with van der Waals surface area (Å²) in [6.45, 7) is 3.71. The normalized spacial score (nSPS) is 11.3. The summed E-state index contributed by atoms with van der Waals surface area (Å²) in [7, 11) is 0. The van der Waals surface area contributed by atoms with Gasteiger partial charge in [0.05, 0.1) is 15.5 Å². The van der Waals surface area contributed by atoms with Gasteiger partial charge in [0.1, 0.15) is 5.75 Å². The van der Waals surface area contributed by atoms with E-state index in [1.807, 2.05) is 18.2 Å². The summed E-state index contributed by atoms with van der Waals surface area (Å²) in [5, 5.41) is 13.8. The number of halogens is 2. The molecule has 0 amide bonds. The van der Waals surface area contributed by atoms with Gasteiger partial charge in [-0.3, -0.25) is 0 Å². The van der Waals surface area contributed by atoms with E-state index in [-0.39, 0.29) is 5.75 Å². The van der Waals surface area contributed by atoms with Gasteiger partial charge in [-0.05, 0) is 46.6 Å². The molecule has 0 bridgehead atoms. The number of imidazole rings is 1. The lowest BCUT2D eigenvalue weighted by Crippen LogP contribution is -2.08. The fourth-order valence-corrected chi connectivity index (χ4v) is 4.91. The number of rotatable bonds is 11. The number of para-hydroxylation sites is 2. The molecule has 3 rings (SSSR count). The largest absolute Gasteiger partial charge is 0.506 e. The van der Waals surface area contributed by atoms with Gasteiger partial charge in [0.2, 0.25) is 5.95 Å². The lowest BCUT2D eigenvalue weighted by molar-refractivity contribution is 0.465. The highest BCUT2D eigenvalue weighted by Crippen LogP contribution is 2.32. The van der Waals surface area contributed by atoms with E-state index < -0.39 is 0 Å². The Hall–Kier alpha value is -1.53. The predicted molar refractivity (Wildman–Crippen MR) is 129 cm³/mol. The van der Waals surface area contributed by atoms with Crippen molar-refractivity contribution in [1.82, 2.24) is 9.55 Å². The number of unbranched alkanes of at least 4 members (excludes halogenated alkanes) is 6. The van der Waals surface area contributed by atoms with Crippen molar-refractivity contribution >= 4 is 48.8 Å². The van der Waals surface area contributed by atoms with Crippen molar-refractivity contribution in [2.45, 2.75) is 65.0 Å². The molecule has 0 saturated heterocycles. The Morgan fingerprint density at radius 2 is 1.72 bits per heavy atom. The van der Waals surface area contributed by atoms with Crippen LogP contribution in [-0.2, 0) is 13.1 Å². The third kappa shape index (κ3) is 5.98. The van der Waals surface area contributed by atoms with Crippen LogP contribution >= 0.6 is 31.9 Å². The minimum atomic E-state index is 0.260. The minimum Gasteiger partial charge on any atom is -0.506 e. The lowest BCUT2D eigenvalue weighted by atomic mass is 10.1. The van der Waals surface area contributed by atoms with Crippen LogP contribution in [0.5, 0.6) is 5.75 Å². The number of anilines is 1. The molecule has 6 heteroatoms. The van der Waals surface area contributed by atoms with E-state index in [2.05, 4.69) is 66.9 Å². The maximum atomic E-state index is 10.3. The van der Waals surface area contributed by atoms with Crippen molar-refractivity contribution in [3.05, 3.63) is 50.9 Å². The van der Waals surface area contributed by atoms with Crippen LogP contribution in [0.25, 0.3) is 11.0 Å². The van der Waals surface area contributed by atoms with Gasteiger partial charge in [0.15, 0.2) is 0 Å². The molecule has 0 fully saturated rings. The predicted octanol–water partition coefficient (Wildman–Crippen LogP) is 7.63. The van der Waals surface area contributed by atoms with Gasteiger partial charge in [-0.25, -0.2) is 4.98 Å². The van der Waals surface area contributed by atoms with Crippen molar-refractivity contribution in [2.24, 2.45) is 0 Å². The second-order valence-electron chi connectivity index (χ2n) is 7.45. The molecule has 0 aliphatic carbocycles. The molecule has 29 heavy (non-hydrogen) atoms. The molecule has 0 aliphatic rings. The van der Waals surface area contributed by atoms with Gasteiger partial charge in [0.25, 0.3) is 0 Å². The molecule has 1 heterocycles. The van der Waals surface area contributed by atoms with E-state index in [1.54, 1.807) is 0 Å². The Bertz CT molecular complexity index is 939. The van der Waals surface area contributed by atoms with Crippen molar-refractivity contribution in [3.8, 4) is 5.75 Å². The van der Waals surface area contributed by atoms with Gasteiger partial charge in [0, 0.05) is 23.1 Å². The molecule has 0 aliphatic heterocycles. The standard InChI is InChI=1S/C23H29Br2N3O/c1-2-3-4-5-6-7-10-13-28-21-12-9-8-11-20(21)27-23(28)26-16-17-14-18(24)15-19(25)22(17)29/h8-9,11-12,14-15,29H,2-7,10,13,16H2,1H3,(H,26,27). The summed E-state index contributed by atoms with van der Waals surface area (Å²) in [5.74, 6) is 1.11. The van der Waals surface area contributed by atoms with Crippen LogP contribution in [0.4, 0.5) is 5.95 Å². The minimum absolute atomic E-state index is 0.260. The second-order valence-corrected chi connectivity index (χ2v) is 9.22. The Morgan fingerprint density at radius 3 is 2.52 bits per heavy atom. The van der Waals surface area contributed by atoms with Crippen LogP contribution in [-0.4, -0.2) is 14.7 Å². The summed E-state index contributed by atoms with van der Waals surface area (Å²) < 4.78 is 3.88. The highest BCUT2D eigenvalue weighted by atomic mass is 79.9. The van der Waals surface area contributed by atoms with Crippen molar-refractivity contribution < 1.29 is 5.11 Å². The van der Waals surface area contributed by atoms with Gasteiger partial charge in [-0.15, -0.1) is 0 Å². The summed E-state index contributed by atoms with van der Waals surface area (Å²) in [5.41, 5.74) is 2.97. The fourth-order valence-electron chi connectivity index (χ4n) is 3.59. The molecule has 0 radical (unpaired) electrons. The highest BCUT2D eigenvalue weighted by molar-refractivity contribution is 9.11. The van der Waals surface area contributed by atoms with E-state index in [4.69, 9.17) is 4.98 Å². The molecule has 0 atom stereocenters. The zero-order valence-corrected chi connectivity index (χ0v) is 20.1. The number of benzene rings is 2. The molecule has 1 aromatic heterocycles. The SMILES string of the molecule is CCCCCCCCCn1c(NCc2cc(Br)cc(Br)c2O)nc2ccccc21. The first-order valence-corrected chi connectivity index (χ1v) is 12.0. The third-order valence-corrected chi connectivity index (χ3v) is 6.25. The third-order valence-electron chi connectivity index (χ3n) is 5.18. The van der Waals surface area contributed by atoms with Gasteiger partial charge < -0.3 is 15.0 Å². The molecule has 0 unspecified atom stereocenters. The molecule has 0 spiro atoms. The number of phenols is 1. The van der Waals surface area contributed by atoms with Crippen LogP contribution in [0.3, 0.4) is 0 Å². The summed E-state index contributed by atoms with van der Waals surface area (Å²) in [4.78, 5) is 4.79. The maximum absolute atomic E-state index is 10.3. The van der Waals surface area contributed by atoms with E-state index in [0.29, 0.717) is 11.0 Å². The van der Waals surface area contributed by atoms with Crippen molar-refractivity contribution in [2.75, 3.05) is 5.32 Å². The van der Waals surface area contributed by atoms with E-state index in [1.165, 1.54) is 38.5 Å². The summed E-state index contributed by atoms with van der Waals surface area (Å²) >= 11 is 6.89. The molecule has 2 aromatic carbocycles. The van der Waals surface area contributed by atoms with E-state index in [0.717, 1.165) is 40.0 Å². The Labute approximate surface area is 190 Å². The maximum Gasteiger partial charge on any atom is 0.204 e. The van der Waals surface area contributed by atoms with E-state index >= 15 is 0 Å².